The Kier molecular flexibility index (Phi) is 4.40. The van der Waals surface area contributed by atoms with Crippen molar-refractivity contribution in [1.82, 2.24) is 4.90 Å². The van der Waals surface area contributed by atoms with Gasteiger partial charge in [0.1, 0.15) is 0 Å². The molecule has 0 amide bonds. The molecule has 4 rings (SSSR count). The van der Waals surface area contributed by atoms with E-state index in [4.69, 9.17) is 10.5 Å². The van der Waals surface area contributed by atoms with Gasteiger partial charge in [0.05, 0.1) is 6.61 Å². The lowest BCUT2D eigenvalue weighted by molar-refractivity contribution is -0.0718. The second-order valence-electron chi connectivity index (χ2n) is 7.77. The summed E-state index contributed by atoms with van der Waals surface area (Å²) in [5, 5.41) is 0. The van der Waals surface area contributed by atoms with Crippen LogP contribution in [0.1, 0.15) is 45.4 Å². The van der Waals surface area contributed by atoms with Crippen LogP contribution < -0.4 is 5.73 Å². The highest BCUT2D eigenvalue weighted by atomic mass is 16.5. The fourth-order valence-electron chi connectivity index (χ4n) is 5.70. The maximum Gasteiger partial charge on any atom is 0.0589 e. The standard InChI is InChI=1S/C17H32N2O/c1-3-19(4-5-20-2)12-16(18)17-9-13-6-14(10-17)8-15(7-13)11-17/h13-16H,3-12,18H2,1-2H3. The summed E-state index contributed by atoms with van der Waals surface area (Å²) in [4.78, 5) is 2.48. The molecule has 3 nitrogen and oxygen atoms in total. The molecule has 0 aromatic rings. The molecule has 4 fully saturated rings. The third kappa shape index (κ3) is 2.77. The summed E-state index contributed by atoms with van der Waals surface area (Å²) in [6.07, 6.45) is 8.78. The molecule has 4 bridgehead atoms. The monoisotopic (exact) mass is 280 g/mol. The minimum absolute atomic E-state index is 0.368. The van der Waals surface area contributed by atoms with Crippen LogP contribution in [0.5, 0.6) is 0 Å². The first-order valence-corrected chi connectivity index (χ1v) is 8.62. The molecule has 0 saturated heterocycles. The molecule has 0 spiro atoms. The van der Waals surface area contributed by atoms with E-state index in [9.17, 15) is 0 Å². The quantitative estimate of drug-likeness (QED) is 0.779. The van der Waals surface area contributed by atoms with Crippen molar-refractivity contribution in [3.05, 3.63) is 0 Å². The third-order valence-electron chi connectivity index (χ3n) is 6.39. The van der Waals surface area contributed by atoms with Gasteiger partial charge in [0.15, 0.2) is 0 Å². The number of hydrogen-bond acceptors (Lipinski definition) is 3. The van der Waals surface area contributed by atoms with E-state index in [2.05, 4.69) is 11.8 Å². The molecule has 0 radical (unpaired) electrons. The van der Waals surface area contributed by atoms with Crippen molar-refractivity contribution in [2.75, 3.05) is 33.4 Å². The van der Waals surface area contributed by atoms with E-state index in [0.29, 0.717) is 11.5 Å². The molecule has 4 saturated carbocycles. The minimum atomic E-state index is 0.368. The number of hydrogen-bond donors (Lipinski definition) is 1. The van der Waals surface area contributed by atoms with Crippen molar-refractivity contribution in [3.8, 4) is 0 Å². The average molecular weight is 280 g/mol. The number of nitrogens with zero attached hydrogens (tertiary/aromatic N) is 1. The first-order valence-electron chi connectivity index (χ1n) is 8.62. The van der Waals surface area contributed by atoms with Gasteiger partial charge < -0.3 is 10.5 Å². The van der Waals surface area contributed by atoms with Crippen LogP contribution in [0, 0.1) is 23.2 Å². The van der Waals surface area contributed by atoms with E-state index in [1.165, 1.54) is 38.5 Å². The predicted octanol–water partition coefficient (Wildman–Crippen LogP) is 2.50. The third-order valence-corrected chi connectivity index (χ3v) is 6.39. The molecule has 4 aliphatic carbocycles. The predicted molar refractivity (Wildman–Crippen MR) is 82.6 cm³/mol. The molecule has 20 heavy (non-hydrogen) atoms. The second kappa shape index (κ2) is 5.94. The second-order valence-corrected chi connectivity index (χ2v) is 7.77. The molecular formula is C17H32N2O. The van der Waals surface area contributed by atoms with Crippen LogP contribution in [0.25, 0.3) is 0 Å². The fourth-order valence-corrected chi connectivity index (χ4v) is 5.70. The minimum Gasteiger partial charge on any atom is -0.383 e. The lowest BCUT2D eigenvalue weighted by Gasteiger charge is -2.59. The highest BCUT2D eigenvalue weighted by Crippen LogP contribution is 2.60. The smallest absolute Gasteiger partial charge is 0.0589 e. The lowest BCUT2D eigenvalue weighted by Crippen LogP contribution is -2.57. The normalized spacial score (nSPS) is 40.5. The number of rotatable bonds is 7. The van der Waals surface area contributed by atoms with Crippen LogP contribution in [0.2, 0.25) is 0 Å². The first-order chi connectivity index (χ1) is 9.65. The zero-order valence-electron chi connectivity index (χ0n) is 13.3. The van der Waals surface area contributed by atoms with Crippen LogP contribution in [0.15, 0.2) is 0 Å². The highest BCUT2D eigenvalue weighted by molar-refractivity contribution is 5.05. The van der Waals surface area contributed by atoms with Gasteiger partial charge in [0.2, 0.25) is 0 Å². The van der Waals surface area contributed by atoms with Gasteiger partial charge in [-0.1, -0.05) is 6.92 Å². The van der Waals surface area contributed by atoms with Gasteiger partial charge in [0.25, 0.3) is 0 Å². The van der Waals surface area contributed by atoms with Crippen LogP contribution in [-0.4, -0.2) is 44.3 Å². The zero-order chi connectivity index (χ0) is 14.2. The van der Waals surface area contributed by atoms with E-state index < -0.39 is 0 Å². The summed E-state index contributed by atoms with van der Waals surface area (Å²) in [6.45, 7) is 6.23. The lowest BCUT2D eigenvalue weighted by atomic mass is 9.48. The van der Waals surface area contributed by atoms with Crippen molar-refractivity contribution in [2.45, 2.75) is 51.5 Å². The van der Waals surface area contributed by atoms with Crippen LogP contribution in [0.3, 0.4) is 0 Å². The Bertz CT molecular complexity index is 296. The topological polar surface area (TPSA) is 38.5 Å². The van der Waals surface area contributed by atoms with Crippen molar-refractivity contribution >= 4 is 0 Å². The van der Waals surface area contributed by atoms with Crippen LogP contribution in [0.4, 0.5) is 0 Å². The summed E-state index contributed by atoms with van der Waals surface area (Å²) < 4.78 is 5.22. The average Bonchev–Trinajstić information content (AvgIpc) is 2.41. The largest absolute Gasteiger partial charge is 0.383 e. The van der Waals surface area contributed by atoms with Crippen molar-refractivity contribution in [3.63, 3.8) is 0 Å². The molecule has 3 heteroatoms. The van der Waals surface area contributed by atoms with Gasteiger partial charge in [-0.3, -0.25) is 4.90 Å². The molecule has 1 atom stereocenters. The maximum atomic E-state index is 6.74. The number of likely N-dealkylation sites (N-methyl/N-ethyl adjacent to an activating group) is 1. The first kappa shape index (κ1) is 14.8. The number of methoxy groups -OCH3 is 1. The molecular weight excluding hydrogens is 248 g/mol. The van der Waals surface area contributed by atoms with Crippen molar-refractivity contribution < 1.29 is 4.74 Å². The SMILES string of the molecule is CCN(CCOC)CC(N)C12CC3CC(CC(C3)C1)C2. The molecule has 0 aromatic carbocycles. The fraction of sp³-hybridized carbons (Fsp3) is 1.00. The van der Waals surface area contributed by atoms with Crippen molar-refractivity contribution in [1.29, 1.82) is 0 Å². The van der Waals surface area contributed by atoms with E-state index in [0.717, 1.165) is 44.0 Å². The Balaban J connectivity index is 1.62. The summed E-state index contributed by atoms with van der Waals surface area (Å²) in [5.41, 5.74) is 7.22. The van der Waals surface area contributed by atoms with Gasteiger partial charge >= 0.3 is 0 Å². The van der Waals surface area contributed by atoms with Gasteiger partial charge in [-0.2, -0.15) is 0 Å². The van der Waals surface area contributed by atoms with Crippen LogP contribution >= 0.6 is 0 Å². The molecule has 1 unspecified atom stereocenters. The van der Waals surface area contributed by atoms with E-state index in [1.807, 2.05) is 0 Å². The Hall–Kier alpha value is -0.120. The molecule has 2 N–H and O–H groups in total. The summed E-state index contributed by atoms with van der Waals surface area (Å²) >= 11 is 0. The Morgan fingerprint density at radius 1 is 1.15 bits per heavy atom. The Morgan fingerprint density at radius 3 is 2.15 bits per heavy atom. The van der Waals surface area contributed by atoms with E-state index in [1.54, 1.807) is 7.11 Å². The molecule has 0 aliphatic heterocycles. The molecule has 116 valence electrons. The van der Waals surface area contributed by atoms with Crippen LogP contribution in [-0.2, 0) is 4.74 Å². The Labute approximate surface area is 124 Å². The van der Waals surface area contributed by atoms with E-state index >= 15 is 0 Å². The van der Waals surface area contributed by atoms with Gasteiger partial charge in [-0.25, -0.2) is 0 Å². The highest BCUT2D eigenvalue weighted by Gasteiger charge is 2.53. The van der Waals surface area contributed by atoms with Crippen molar-refractivity contribution in [2.24, 2.45) is 28.9 Å². The van der Waals surface area contributed by atoms with Gasteiger partial charge in [-0.15, -0.1) is 0 Å². The number of nitrogens with two attached hydrogens (primary N) is 1. The summed E-state index contributed by atoms with van der Waals surface area (Å²) in [5.74, 6) is 3.00. The summed E-state index contributed by atoms with van der Waals surface area (Å²) in [7, 11) is 1.78. The maximum absolute atomic E-state index is 6.74. The van der Waals surface area contributed by atoms with Gasteiger partial charge in [0, 0.05) is 26.2 Å². The Morgan fingerprint density at radius 2 is 1.70 bits per heavy atom. The molecule has 0 heterocycles. The molecule has 0 aromatic heterocycles. The number of ether oxygens (including phenoxy) is 1. The molecule has 4 aliphatic rings. The van der Waals surface area contributed by atoms with Gasteiger partial charge in [-0.05, 0) is 68.2 Å². The van der Waals surface area contributed by atoms with E-state index in [-0.39, 0.29) is 0 Å². The summed E-state index contributed by atoms with van der Waals surface area (Å²) in [6, 6.07) is 0.368. The zero-order valence-corrected chi connectivity index (χ0v) is 13.3.